The fourth-order valence-corrected chi connectivity index (χ4v) is 2.28. The molecule has 0 aliphatic carbocycles. The van der Waals surface area contributed by atoms with Gasteiger partial charge in [-0.2, -0.15) is 0 Å². The summed E-state index contributed by atoms with van der Waals surface area (Å²) in [5, 5.41) is 0. The molecule has 0 spiro atoms. The van der Waals surface area contributed by atoms with E-state index >= 15 is 0 Å². The Hall–Kier alpha value is -1.13. The van der Waals surface area contributed by atoms with Crippen molar-refractivity contribution in [3.8, 4) is 0 Å². The minimum Gasteiger partial charge on any atom is -0.375 e. The molecule has 18 heavy (non-hydrogen) atoms. The van der Waals surface area contributed by atoms with Crippen molar-refractivity contribution in [1.29, 1.82) is 0 Å². The van der Waals surface area contributed by atoms with Crippen LogP contribution in [0.3, 0.4) is 0 Å². The molecule has 1 fully saturated rings. The Kier molecular flexibility index (Phi) is 3.88. The first-order valence-electron chi connectivity index (χ1n) is 6.42. The summed E-state index contributed by atoms with van der Waals surface area (Å²) >= 11 is 0. The third-order valence-corrected chi connectivity index (χ3v) is 3.41. The van der Waals surface area contributed by atoms with Crippen LogP contribution in [0.15, 0.2) is 18.2 Å². The number of anilines is 1. The molecule has 0 saturated carbocycles. The maximum absolute atomic E-state index is 14.2. The zero-order valence-electron chi connectivity index (χ0n) is 11.2. The van der Waals surface area contributed by atoms with Crippen molar-refractivity contribution in [1.82, 2.24) is 0 Å². The Morgan fingerprint density at radius 3 is 2.78 bits per heavy atom. The summed E-state index contributed by atoms with van der Waals surface area (Å²) in [5.41, 5.74) is 7.23. The van der Waals surface area contributed by atoms with Crippen LogP contribution in [0.2, 0.25) is 0 Å². The average Bonchev–Trinajstić information content (AvgIpc) is 2.32. The van der Waals surface area contributed by atoms with Gasteiger partial charge in [-0.25, -0.2) is 4.39 Å². The van der Waals surface area contributed by atoms with E-state index < -0.39 is 0 Å². The molecule has 0 amide bonds. The van der Waals surface area contributed by atoms with E-state index in [1.165, 1.54) is 6.07 Å². The van der Waals surface area contributed by atoms with Crippen LogP contribution in [-0.2, 0) is 4.74 Å². The molecule has 3 nitrogen and oxygen atoms in total. The normalized spacial score (nSPS) is 26.2. The summed E-state index contributed by atoms with van der Waals surface area (Å²) in [6, 6.07) is 5.30. The van der Waals surface area contributed by atoms with E-state index in [-0.39, 0.29) is 24.0 Å². The lowest BCUT2D eigenvalue weighted by atomic mass is 10.1. The molecular formula is C14H21FN2O. The Balaban J connectivity index is 2.27. The van der Waals surface area contributed by atoms with Gasteiger partial charge in [0.25, 0.3) is 0 Å². The van der Waals surface area contributed by atoms with Crippen molar-refractivity contribution in [2.45, 2.75) is 39.0 Å². The topological polar surface area (TPSA) is 38.5 Å². The largest absolute Gasteiger partial charge is 0.375 e. The van der Waals surface area contributed by atoms with Gasteiger partial charge in [0.05, 0.1) is 18.4 Å². The highest BCUT2D eigenvalue weighted by Crippen LogP contribution is 2.26. The van der Waals surface area contributed by atoms with E-state index in [1.807, 2.05) is 32.9 Å². The van der Waals surface area contributed by atoms with Crippen LogP contribution in [0.5, 0.6) is 0 Å². The molecule has 2 N–H and O–H groups in total. The Labute approximate surface area is 108 Å². The van der Waals surface area contributed by atoms with Crippen molar-refractivity contribution in [2.75, 3.05) is 18.1 Å². The second kappa shape index (κ2) is 5.24. The third kappa shape index (κ3) is 2.65. The maximum atomic E-state index is 14.2. The molecule has 100 valence electrons. The van der Waals surface area contributed by atoms with Crippen LogP contribution in [0, 0.1) is 5.82 Å². The zero-order chi connectivity index (χ0) is 13.3. The Morgan fingerprint density at radius 2 is 2.17 bits per heavy atom. The number of benzene rings is 1. The van der Waals surface area contributed by atoms with E-state index in [1.54, 1.807) is 0 Å². The van der Waals surface area contributed by atoms with Gasteiger partial charge in [0.15, 0.2) is 0 Å². The van der Waals surface area contributed by atoms with Crippen LogP contribution in [0.4, 0.5) is 10.1 Å². The van der Waals surface area contributed by atoms with Crippen LogP contribution in [0.25, 0.3) is 0 Å². The van der Waals surface area contributed by atoms with E-state index in [2.05, 4.69) is 4.90 Å². The van der Waals surface area contributed by atoms with Crippen molar-refractivity contribution in [3.05, 3.63) is 29.6 Å². The molecular weight excluding hydrogens is 231 g/mol. The summed E-state index contributed by atoms with van der Waals surface area (Å²) in [5.74, 6) is -0.203. The first-order chi connectivity index (χ1) is 8.49. The summed E-state index contributed by atoms with van der Waals surface area (Å²) < 4.78 is 19.7. The number of nitrogens with two attached hydrogens (primary N) is 1. The van der Waals surface area contributed by atoms with Crippen LogP contribution in [0.1, 0.15) is 32.4 Å². The van der Waals surface area contributed by atoms with Gasteiger partial charge in [-0.05, 0) is 38.5 Å². The number of morpholine rings is 1. The summed E-state index contributed by atoms with van der Waals surface area (Å²) in [6.07, 6.45) is 0.133. The lowest BCUT2D eigenvalue weighted by Crippen LogP contribution is -2.47. The van der Waals surface area contributed by atoms with Crippen LogP contribution >= 0.6 is 0 Å². The molecule has 0 bridgehead atoms. The second-order valence-electron chi connectivity index (χ2n) is 5.14. The first-order valence-corrected chi connectivity index (χ1v) is 6.42. The fourth-order valence-electron chi connectivity index (χ4n) is 2.28. The quantitative estimate of drug-likeness (QED) is 0.878. The van der Waals surface area contributed by atoms with Crippen molar-refractivity contribution >= 4 is 5.69 Å². The van der Waals surface area contributed by atoms with Crippen molar-refractivity contribution < 1.29 is 9.13 Å². The average molecular weight is 252 g/mol. The van der Waals surface area contributed by atoms with E-state index in [0.29, 0.717) is 12.3 Å². The molecule has 0 aromatic heterocycles. The Morgan fingerprint density at radius 1 is 1.44 bits per heavy atom. The van der Waals surface area contributed by atoms with Crippen LogP contribution in [-0.4, -0.2) is 25.3 Å². The molecule has 1 aliphatic rings. The highest BCUT2D eigenvalue weighted by Gasteiger charge is 2.25. The maximum Gasteiger partial charge on any atom is 0.146 e. The molecule has 2 rings (SSSR count). The van der Waals surface area contributed by atoms with E-state index in [0.717, 1.165) is 12.1 Å². The minimum atomic E-state index is -0.203. The number of ether oxygens (including phenoxy) is 1. The van der Waals surface area contributed by atoms with Crippen LogP contribution < -0.4 is 10.6 Å². The molecule has 1 saturated heterocycles. The van der Waals surface area contributed by atoms with Gasteiger partial charge in [0.2, 0.25) is 0 Å². The van der Waals surface area contributed by atoms with Gasteiger partial charge in [-0.1, -0.05) is 6.07 Å². The predicted octanol–water partition coefficient (Wildman–Crippen LogP) is 2.46. The molecule has 0 radical (unpaired) electrons. The molecule has 1 aromatic carbocycles. The number of hydrogen-bond acceptors (Lipinski definition) is 3. The predicted molar refractivity (Wildman–Crippen MR) is 71.2 cm³/mol. The number of rotatable bonds is 2. The van der Waals surface area contributed by atoms with Crippen molar-refractivity contribution in [2.24, 2.45) is 5.73 Å². The smallest absolute Gasteiger partial charge is 0.146 e. The number of halogens is 1. The summed E-state index contributed by atoms with van der Waals surface area (Å²) in [6.45, 7) is 7.26. The summed E-state index contributed by atoms with van der Waals surface area (Å²) in [7, 11) is 0. The standard InChI is InChI=1S/C14H21FN2O/c1-9-8-18-10(2)7-17(9)14-5-4-12(11(3)16)6-13(14)15/h4-6,9-11H,7-8,16H2,1-3H3/t9?,10?,11-/m0/s1. The van der Waals surface area contributed by atoms with E-state index in [9.17, 15) is 4.39 Å². The molecule has 1 aromatic rings. The van der Waals surface area contributed by atoms with Gasteiger partial charge in [0, 0.05) is 18.6 Å². The number of hydrogen-bond donors (Lipinski definition) is 1. The SMILES string of the molecule is CC1CN(c2ccc([C@H](C)N)cc2F)C(C)CO1. The highest BCUT2D eigenvalue weighted by molar-refractivity contribution is 5.51. The zero-order valence-corrected chi connectivity index (χ0v) is 11.2. The fraction of sp³-hybridized carbons (Fsp3) is 0.571. The molecule has 1 aliphatic heterocycles. The van der Waals surface area contributed by atoms with Gasteiger partial charge >= 0.3 is 0 Å². The first kappa shape index (κ1) is 13.3. The third-order valence-electron chi connectivity index (χ3n) is 3.41. The summed E-state index contributed by atoms with van der Waals surface area (Å²) in [4.78, 5) is 2.06. The number of nitrogens with zero attached hydrogens (tertiary/aromatic N) is 1. The highest BCUT2D eigenvalue weighted by atomic mass is 19.1. The Bertz CT molecular complexity index is 422. The van der Waals surface area contributed by atoms with Gasteiger partial charge < -0.3 is 15.4 Å². The monoisotopic (exact) mass is 252 g/mol. The second-order valence-corrected chi connectivity index (χ2v) is 5.14. The molecule has 3 atom stereocenters. The van der Waals surface area contributed by atoms with Gasteiger partial charge in [0.1, 0.15) is 5.82 Å². The van der Waals surface area contributed by atoms with E-state index in [4.69, 9.17) is 10.5 Å². The minimum absolute atomic E-state index is 0.133. The van der Waals surface area contributed by atoms with Gasteiger partial charge in [-0.3, -0.25) is 0 Å². The van der Waals surface area contributed by atoms with Gasteiger partial charge in [-0.15, -0.1) is 0 Å². The molecule has 4 heteroatoms. The lowest BCUT2D eigenvalue weighted by molar-refractivity contribution is 0.0341. The molecule has 2 unspecified atom stereocenters. The molecule has 1 heterocycles. The van der Waals surface area contributed by atoms with Crippen molar-refractivity contribution in [3.63, 3.8) is 0 Å². The lowest BCUT2D eigenvalue weighted by Gasteiger charge is -2.38.